The Kier molecular flexibility index (Phi) is 3.44. The molecule has 0 bridgehead atoms. The van der Waals surface area contributed by atoms with Crippen LogP contribution in [-0.2, 0) is 6.42 Å². The van der Waals surface area contributed by atoms with E-state index in [1.54, 1.807) is 0 Å². The first kappa shape index (κ1) is 11.4. The number of benzene rings is 1. The molecule has 0 saturated heterocycles. The number of aromatic nitrogens is 1. The summed E-state index contributed by atoms with van der Waals surface area (Å²) in [4.78, 5) is 4.58. The van der Waals surface area contributed by atoms with Gasteiger partial charge in [0.05, 0.1) is 5.52 Å². The molecular weight excluding hydrogens is 264 g/mol. The Morgan fingerprint density at radius 2 is 2.06 bits per heavy atom. The topological polar surface area (TPSA) is 24.9 Å². The number of pyridine rings is 1. The summed E-state index contributed by atoms with van der Waals surface area (Å²) in [5.74, 6) is 1.05. The van der Waals surface area contributed by atoms with Gasteiger partial charge in [-0.1, -0.05) is 35.8 Å². The zero-order chi connectivity index (χ0) is 11.5. The Morgan fingerprint density at radius 1 is 1.25 bits per heavy atom. The van der Waals surface area contributed by atoms with Crippen LogP contribution in [0.15, 0.2) is 28.7 Å². The third kappa shape index (κ3) is 2.05. The maximum absolute atomic E-state index is 4.58. The van der Waals surface area contributed by atoms with Crippen molar-refractivity contribution in [3.63, 3.8) is 0 Å². The van der Waals surface area contributed by atoms with Crippen molar-refractivity contribution in [3.05, 3.63) is 34.3 Å². The first-order valence-corrected chi connectivity index (χ1v) is 6.45. The van der Waals surface area contributed by atoms with Crippen LogP contribution in [0.1, 0.15) is 19.4 Å². The number of anilines is 1. The molecule has 0 spiro atoms. The number of nitrogens with zero attached hydrogens (tertiary/aromatic N) is 1. The Morgan fingerprint density at radius 3 is 2.88 bits per heavy atom. The lowest BCUT2D eigenvalue weighted by Gasteiger charge is -2.02. The number of halogens is 1. The molecule has 3 rings (SSSR count). The van der Waals surface area contributed by atoms with Crippen LogP contribution in [0.4, 0.5) is 5.82 Å². The van der Waals surface area contributed by atoms with Crippen molar-refractivity contribution in [2.24, 2.45) is 0 Å². The van der Waals surface area contributed by atoms with Gasteiger partial charge in [-0.15, -0.1) is 0 Å². The fourth-order valence-corrected chi connectivity index (χ4v) is 2.19. The number of nitrogens with one attached hydrogen (secondary N) is 1. The number of hydrogen-bond acceptors (Lipinski definition) is 2. The molecule has 1 N–H and O–H groups in total. The highest BCUT2D eigenvalue weighted by Crippen LogP contribution is 2.26. The fourth-order valence-electron chi connectivity index (χ4n) is 1.84. The van der Waals surface area contributed by atoms with E-state index in [1.807, 2.05) is 13.8 Å². The molecule has 0 saturated carbocycles. The summed E-state index contributed by atoms with van der Waals surface area (Å²) >= 11 is 3.45. The predicted molar refractivity (Wildman–Crippen MR) is 73.0 cm³/mol. The molecular formula is C13H15BrN2. The van der Waals surface area contributed by atoms with E-state index in [4.69, 9.17) is 0 Å². The number of rotatable bonds is 0. The highest BCUT2D eigenvalue weighted by molar-refractivity contribution is 9.10. The van der Waals surface area contributed by atoms with E-state index in [-0.39, 0.29) is 0 Å². The van der Waals surface area contributed by atoms with Crippen LogP contribution in [0.2, 0.25) is 0 Å². The van der Waals surface area contributed by atoms with Gasteiger partial charge in [0.2, 0.25) is 0 Å². The zero-order valence-electron chi connectivity index (χ0n) is 9.55. The molecule has 1 aliphatic heterocycles. The van der Waals surface area contributed by atoms with Crippen molar-refractivity contribution in [2.45, 2.75) is 20.3 Å². The Bertz CT molecular complexity index is 509. The molecule has 2 nitrogen and oxygen atoms in total. The third-order valence-electron chi connectivity index (χ3n) is 2.55. The molecule has 0 atom stereocenters. The van der Waals surface area contributed by atoms with Crippen LogP contribution >= 0.6 is 15.9 Å². The average Bonchev–Trinajstić information content (AvgIpc) is 2.75. The highest BCUT2D eigenvalue weighted by atomic mass is 79.9. The van der Waals surface area contributed by atoms with Crippen molar-refractivity contribution < 1.29 is 0 Å². The summed E-state index contributed by atoms with van der Waals surface area (Å²) in [5, 5.41) is 4.50. The number of hydrogen-bond donors (Lipinski definition) is 1. The molecule has 84 valence electrons. The van der Waals surface area contributed by atoms with Gasteiger partial charge in [-0.05, 0) is 30.2 Å². The number of fused-ring (bicyclic) bond motifs is 2. The van der Waals surface area contributed by atoms with Gasteiger partial charge in [0, 0.05) is 16.4 Å². The van der Waals surface area contributed by atoms with Crippen LogP contribution in [0.3, 0.4) is 0 Å². The maximum atomic E-state index is 4.58. The van der Waals surface area contributed by atoms with Gasteiger partial charge in [-0.25, -0.2) is 4.98 Å². The second-order valence-corrected chi connectivity index (χ2v) is 4.43. The Labute approximate surface area is 104 Å². The minimum atomic E-state index is 1.01. The Balaban J connectivity index is 0.000000457. The van der Waals surface area contributed by atoms with Crippen LogP contribution in [0, 0.1) is 0 Å². The summed E-state index contributed by atoms with van der Waals surface area (Å²) in [5.41, 5.74) is 2.38. The van der Waals surface area contributed by atoms with Gasteiger partial charge in [-0.2, -0.15) is 0 Å². The van der Waals surface area contributed by atoms with E-state index in [1.165, 1.54) is 10.9 Å². The smallest absolute Gasteiger partial charge is 0.129 e. The normalized spacial score (nSPS) is 12.7. The predicted octanol–water partition coefficient (Wildman–Crippen LogP) is 3.99. The molecule has 1 aliphatic rings. The van der Waals surface area contributed by atoms with Crippen molar-refractivity contribution in [1.29, 1.82) is 0 Å². The molecule has 0 unspecified atom stereocenters. The van der Waals surface area contributed by atoms with E-state index in [9.17, 15) is 0 Å². The van der Waals surface area contributed by atoms with Crippen LogP contribution < -0.4 is 5.32 Å². The molecule has 3 heteroatoms. The monoisotopic (exact) mass is 278 g/mol. The van der Waals surface area contributed by atoms with Crippen molar-refractivity contribution >= 4 is 32.7 Å². The second-order valence-electron chi connectivity index (χ2n) is 3.51. The summed E-state index contributed by atoms with van der Waals surface area (Å²) in [6, 6.07) is 8.43. The average molecular weight is 279 g/mol. The molecule has 2 heterocycles. The van der Waals surface area contributed by atoms with Crippen molar-refractivity contribution in [3.8, 4) is 0 Å². The van der Waals surface area contributed by atoms with E-state index in [0.717, 1.165) is 28.8 Å². The fraction of sp³-hybridized carbons (Fsp3) is 0.308. The van der Waals surface area contributed by atoms with Crippen LogP contribution in [0.5, 0.6) is 0 Å². The van der Waals surface area contributed by atoms with Gasteiger partial charge in [0.25, 0.3) is 0 Å². The summed E-state index contributed by atoms with van der Waals surface area (Å²) in [6.45, 7) is 5.01. The first-order valence-electron chi connectivity index (χ1n) is 5.66. The van der Waals surface area contributed by atoms with Crippen molar-refractivity contribution in [2.75, 3.05) is 11.9 Å². The lowest BCUT2D eigenvalue weighted by Crippen LogP contribution is -1.93. The van der Waals surface area contributed by atoms with Crippen molar-refractivity contribution in [1.82, 2.24) is 4.98 Å². The summed E-state index contributed by atoms with van der Waals surface area (Å²) < 4.78 is 1.08. The molecule has 0 aliphatic carbocycles. The quantitative estimate of drug-likeness (QED) is 0.788. The van der Waals surface area contributed by atoms with Crippen LogP contribution in [-0.4, -0.2) is 11.5 Å². The van der Waals surface area contributed by atoms with E-state index >= 15 is 0 Å². The largest absolute Gasteiger partial charge is 0.369 e. The van der Waals surface area contributed by atoms with Gasteiger partial charge in [0.15, 0.2) is 0 Å². The molecule has 2 aromatic rings. The van der Waals surface area contributed by atoms with Crippen LogP contribution in [0.25, 0.3) is 10.9 Å². The van der Waals surface area contributed by atoms with Gasteiger partial charge in [0.1, 0.15) is 5.82 Å². The molecule has 1 aromatic heterocycles. The first-order chi connectivity index (χ1) is 7.83. The SMILES string of the molecule is Brc1ccc2cc3c(nc2c1)NCC3.CC. The van der Waals surface area contributed by atoms with E-state index in [2.05, 4.69) is 50.5 Å². The molecule has 16 heavy (non-hydrogen) atoms. The highest BCUT2D eigenvalue weighted by Gasteiger charge is 2.11. The maximum Gasteiger partial charge on any atom is 0.129 e. The lowest BCUT2D eigenvalue weighted by molar-refractivity contribution is 1.11. The minimum absolute atomic E-state index is 1.01. The zero-order valence-corrected chi connectivity index (χ0v) is 11.1. The molecule has 0 amide bonds. The summed E-state index contributed by atoms with van der Waals surface area (Å²) in [6.07, 6.45) is 1.09. The molecule has 0 radical (unpaired) electrons. The third-order valence-corrected chi connectivity index (χ3v) is 3.04. The molecule has 1 aromatic carbocycles. The van der Waals surface area contributed by atoms with Gasteiger partial charge in [-0.3, -0.25) is 0 Å². The minimum Gasteiger partial charge on any atom is -0.369 e. The lowest BCUT2D eigenvalue weighted by atomic mass is 10.1. The Hall–Kier alpha value is -1.09. The standard InChI is InChI=1S/C11H9BrN2.C2H6/c12-9-2-1-7-5-8-3-4-13-11(8)14-10(7)6-9;1-2/h1-2,5-6H,3-4H2,(H,13,14);1-2H3. The van der Waals surface area contributed by atoms with E-state index in [0.29, 0.717) is 0 Å². The summed E-state index contributed by atoms with van der Waals surface area (Å²) in [7, 11) is 0. The molecule has 0 fully saturated rings. The van der Waals surface area contributed by atoms with Gasteiger partial charge >= 0.3 is 0 Å². The second kappa shape index (κ2) is 4.83. The van der Waals surface area contributed by atoms with Gasteiger partial charge < -0.3 is 5.32 Å². The van der Waals surface area contributed by atoms with E-state index < -0.39 is 0 Å².